The zero-order valence-corrected chi connectivity index (χ0v) is 8.77. The molecule has 0 radical (unpaired) electrons. The maximum absolute atomic E-state index is 9.08. The van der Waals surface area contributed by atoms with Crippen LogP contribution < -0.4 is 5.32 Å². The van der Waals surface area contributed by atoms with E-state index in [0.29, 0.717) is 6.04 Å². The van der Waals surface area contributed by atoms with Crippen LogP contribution in [0.4, 0.5) is 0 Å². The van der Waals surface area contributed by atoms with Gasteiger partial charge in [-0.2, -0.15) is 0 Å². The van der Waals surface area contributed by atoms with Gasteiger partial charge in [-0.25, -0.2) is 0 Å². The van der Waals surface area contributed by atoms with Crippen LogP contribution in [0, 0.1) is 0 Å². The minimum atomic E-state index is -0.233. The Morgan fingerprint density at radius 2 is 2.29 bits per heavy atom. The van der Waals surface area contributed by atoms with E-state index in [1.165, 1.54) is 5.56 Å². The van der Waals surface area contributed by atoms with Crippen molar-refractivity contribution < 1.29 is 5.11 Å². The summed E-state index contributed by atoms with van der Waals surface area (Å²) in [6.07, 6.45) is 4.18. The van der Waals surface area contributed by atoms with E-state index >= 15 is 0 Å². The molecule has 0 saturated heterocycles. The number of nitrogens with one attached hydrogen (secondary N) is 1. The summed E-state index contributed by atoms with van der Waals surface area (Å²) in [5.74, 6) is 0. The fourth-order valence-electron chi connectivity index (χ4n) is 1.26. The van der Waals surface area contributed by atoms with Gasteiger partial charge in [0.15, 0.2) is 0 Å². The van der Waals surface area contributed by atoms with E-state index in [9.17, 15) is 0 Å². The first-order chi connectivity index (χ1) is 6.70. The lowest BCUT2D eigenvalue weighted by Crippen LogP contribution is -2.22. The van der Waals surface area contributed by atoms with Crippen molar-refractivity contribution in [3.05, 3.63) is 30.1 Å². The predicted octanol–water partition coefficient (Wildman–Crippen LogP) is 1.50. The molecule has 0 fully saturated rings. The summed E-state index contributed by atoms with van der Waals surface area (Å²) in [7, 11) is 0. The molecule has 1 rings (SSSR count). The number of rotatable bonds is 5. The van der Waals surface area contributed by atoms with Gasteiger partial charge < -0.3 is 10.4 Å². The van der Waals surface area contributed by atoms with E-state index in [0.717, 1.165) is 13.0 Å². The normalized spacial score (nSPS) is 15.1. The lowest BCUT2D eigenvalue weighted by atomic mass is 10.1. The molecule has 0 unspecified atom stereocenters. The van der Waals surface area contributed by atoms with Crippen LogP contribution in [-0.4, -0.2) is 22.7 Å². The highest BCUT2D eigenvalue weighted by atomic mass is 16.3. The molecule has 78 valence electrons. The van der Waals surface area contributed by atoms with Gasteiger partial charge >= 0.3 is 0 Å². The minimum Gasteiger partial charge on any atom is -0.393 e. The molecule has 0 aromatic carbocycles. The lowest BCUT2D eigenvalue weighted by molar-refractivity contribution is 0.182. The maximum Gasteiger partial charge on any atom is 0.0524 e. The van der Waals surface area contributed by atoms with Crippen molar-refractivity contribution in [2.24, 2.45) is 0 Å². The Bertz CT molecular complexity index is 249. The summed E-state index contributed by atoms with van der Waals surface area (Å²) in [6.45, 7) is 4.73. The number of pyridine rings is 1. The molecule has 0 bridgehead atoms. The molecular weight excluding hydrogens is 176 g/mol. The number of hydrogen-bond acceptors (Lipinski definition) is 3. The van der Waals surface area contributed by atoms with Crippen molar-refractivity contribution in [3.8, 4) is 0 Å². The van der Waals surface area contributed by atoms with E-state index in [1.807, 2.05) is 18.3 Å². The summed E-state index contributed by atoms with van der Waals surface area (Å²) in [5.41, 5.74) is 1.18. The highest BCUT2D eigenvalue weighted by Gasteiger charge is 2.04. The first-order valence-corrected chi connectivity index (χ1v) is 5.01. The van der Waals surface area contributed by atoms with Crippen LogP contribution in [0.3, 0.4) is 0 Å². The molecule has 0 aliphatic heterocycles. The molecule has 14 heavy (non-hydrogen) atoms. The Morgan fingerprint density at radius 1 is 1.50 bits per heavy atom. The summed E-state index contributed by atoms with van der Waals surface area (Å²) in [5, 5.41) is 12.4. The summed E-state index contributed by atoms with van der Waals surface area (Å²) in [4.78, 5) is 4.06. The Morgan fingerprint density at radius 3 is 2.86 bits per heavy atom. The van der Waals surface area contributed by atoms with Crippen LogP contribution in [0.25, 0.3) is 0 Å². The second-order valence-corrected chi connectivity index (χ2v) is 3.60. The SMILES string of the molecule is C[C@H](NCC[C@@H](C)O)c1cccnc1. The van der Waals surface area contributed by atoms with E-state index in [1.54, 1.807) is 13.1 Å². The van der Waals surface area contributed by atoms with Crippen LogP contribution >= 0.6 is 0 Å². The summed E-state index contributed by atoms with van der Waals surface area (Å²) < 4.78 is 0. The predicted molar refractivity (Wildman–Crippen MR) is 57.0 cm³/mol. The van der Waals surface area contributed by atoms with Crippen molar-refractivity contribution in [2.75, 3.05) is 6.54 Å². The highest BCUT2D eigenvalue weighted by Crippen LogP contribution is 2.09. The van der Waals surface area contributed by atoms with Gasteiger partial charge in [0.25, 0.3) is 0 Å². The zero-order chi connectivity index (χ0) is 10.4. The van der Waals surface area contributed by atoms with Crippen molar-refractivity contribution in [1.82, 2.24) is 10.3 Å². The van der Waals surface area contributed by atoms with E-state index in [-0.39, 0.29) is 6.10 Å². The first-order valence-electron chi connectivity index (χ1n) is 5.01. The van der Waals surface area contributed by atoms with Crippen LogP contribution in [0.1, 0.15) is 31.9 Å². The smallest absolute Gasteiger partial charge is 0.0524 e. The molecule has 1 heterocycles. The van der Waals surface area contributed by atoms with Gasteiger partial charge in [0.1, 0.15) is 0 Å². The largest absolute Gasteiger partial charge is 0.393 e. The Kier molecular flexibility index (Phi) is 4.56. The Labute approximate surface area is 85.2 Å². The second-order valence-electron chi connectivity index (χ2n) is 3.60. The van der Waals surface area contributed by atoms with Crippen molar-refractivity contribution in [3.63, 3.8) is 0 Å². The second kappa shape index (κ2) is 5.73. The molecule has 0 aliphatic carbocycles. The monoisotopic (exact) mass is 194 g/mol. The molecule has 0 amide bonds. The highest BCUT2D eigenvalue weighted by molar-refractivity contribution is 5.12. The third-order valence-corrected chi connectivity index (χ3v) is 2.20. The topological polar surface area (TPSA) is 45.1 Å². The third kappa shape index (κ3) is 3.85. The van der Waals surface area contributed by atoms with Gasteiger partial charge in [-0.3, -0.25) is 4.98 Å². The molecule has 1 aromatic heterocycles. The first kappa shape index (κ1) is 11.1. The van der Waals surface area contributed by atoms with Crippen LogP contribution in [0.5, 0.6) is 0 Å². The number of aliphatic hydroxyl groups excluding tert-OH is 1. The average Bonchev–Trinajstić information content (AvgIpc) is 2.18. The quantitative estimate of drug-likeness (QED) is 0.746. The molecule has 0 spiro atoms. The molecule has 2 atom stereocenters. The fourth-order valence-corrected chi connectivity index (χ4v) is 1.26. The van der Waals surface area contributed by atoms with E-state index in [2.05, 4.69) is 17.2 Å². The Balaban J connectivity index is 2.32. The number of nitrogens with zero attached hydrogens (tertiary/aromatic N) is 1. The molecule has 3 heteroatoms. The van der Waals surface area contributed by atoms with Gasteiger partial charge in [-0.1, -0.05) is 6.07 Å². The van der Waals surface area contributed by atoms with Gasteiger partial charge in [-0.05, 0) is 38.4 Å². The fraction of sp³-hybridized carbons (Fsp3) is 0.545. The van der Waals surface area contributed by atoms with Gasteiger partial charge in [0, 0.05) is 18.4 Å². The molecule has 0 aliphatic rings. The molecule has 2 N–H and O–H groups in total. The van der Waals surface area contributed by atoms with Crippen LogP contribution in [-0.2, 0) is 0 Å². The number of aliphatic hydroxyl groups is 1. The molecule has 0 saturated carbocycles. The van der Waals surface area contributed by atoms with E-state index in [4.69, 9.17) is 5.11 Å². The van der Waals surface area contributed by atoms with Crippen molar-refractivity contribution in [1.29, 1.82) is 0 Å². The minimum absolute atomic E-state index is 0.233. The third-order valence-electron chi connectivity index (χ3n) is 2.20. The van der Waals surface area contributed by atoms with Gasteiger partial charge in [-0.15, -0.1) is 0 Å². The van der Waals surface area contributed by atoms with Gasteiger partial charge in [0.2, 0.25) is 0 Å². The molecule has 1 aromatic rings. The standard InChI is InChI=1S/C11H18N2O/c1-9(14)5-7-13-10(2)11-4-3-6-12-8-11/h3-4,6,8-10,13-14H,5,7H2,1-2H3/t9-,10+/m1/s1. The number of aromatic nitrogens is 1. The molecular formula is C11H18N2O. The lowest BCUT2D eigenvalue weighted by Gasteiger charge is -2.14. The van der Waals surface area contributed by atoms with Crippen molar-refractivity contribution in [2.45, 2.75) is 32.4 Å². The number of hydrogen-bond donors (Lipinski definition) is 2. The zero-order valence-electron chi connectivity index (χ0n) is 8.77. The summed E-state index contributed by atoms with van der Waals surface area (Å²) >= 11 is 0. The molecule has 3 nitrogen and oxygen atoms in total. The van der Waals surface area contributed by atoms with Gasteiger partial charge in [0.05, 0.1) is 6.10 Å². The van der Waals surface area contributed by atoms with Crippen molar-refractivity contribution >= 4 is 0 Å². The maximum atomic E-state index is 9.08. The average molecular weight is 194 g/mol. The van der Waals surface area contributed by atoms with E-state index < -0.39 is 0 Å². The van der Waals surface area contributed by atoms with Crippen LogP contribution in [0.15, 0.2) is 24.5 Å². The Hall–Kier alpha value is -0.930. The van der Waals surface area contributed by atoms with Crippen LogP contribution in [0.2, 0.25) is 0 Å². The summed E-state index contributed by atoms with van der Waals surface area (Å²) in [6, 6.07) is 4.28.